The summed E-state index contributed by atoms with van der Waals surface area (Å²) >= 11 is 0. The molecule has 2 heterocycles. The zero-order chi connectivity index (χ0) is 18.0. The summed E-state index contributed by atoms with van der Waals surface area (Å²) in [6.45, 7) is 7.72. The van der Waals surface area contributed by atoms with Crippen molar-refractivity contribution in [1.29, 1.82) is 0 Å². The van der Waals surface area contributed by atoms with Crippen molar-refractivity contribution in [3.8, 4) is 16.9 Å². The second-order valence-corrected chi connectivity index (χ2v) is 6.35. The lowest BCUT2D eigenvalue weighted by atomic mass is 9.96. The van der Waals surface area contributed by atoms with Gasteiger partial charge in [-0.25, -0.2) is 0 Å². The lowest BCUT2D eigenvalue weighted by molar-refractivity contribution is 0.216. The summed E-state index contributed by atoms with van der Waals surface area (Å²) in [5, 5.41) is 14.8. The SMILES string of the molecule is Cc1noc(C)c1-c1cc(OC(C)C)cc(C(O)c2cccnc2)c1. The normalized spacial score (nSPS) is 12.4. The van der Waals surface area contributed by atoms with Gasteiger partial charge in [-0.15, -0.1) is 0 Å². The van der Waals surface area contributed by atoms with Gasteiger partial charge in [0.15, 0.2) is 0 Å². The van der Waals surface area contributed by atoms with Gasteiger partial charge >= 0.3 is 0 Å². The first-order chi connectivity index (χ1) is 12.0. The molecular weight excluding hydrogens is 316 g/mol. The number of nitrogens with zero attached hydrogens (tertiary/aromatic N) is 2. The molecule has 1 atom stereocenters. The van der Waals surface area contributed by atoms with Crippen LogP contribution in [0.15, 0.2) is 47.2 Å². The Labute approximate surface area is 147 Å². The summed E-state index contributed by atoms with van der Waals surface area (Å²) in [7, 11) is 0. The smallest absolute Gasteiger partial charge is 0.141 e. The van der Waals surface area contributed by atoms with Crippen LogP contribution in [0.5, 0.6) is 5.75 Å². The molecule has 1 aromatic carbocycles. The quantitative estimate of drug-likeness (QED) is 0.754. The van der Waals surface area contributed by atoms with Gasteiger partial charge in [0.05, 0.1) is 11.8 Å². The van der Waals surface area contributed by atoms with E-state index in [0.717, 1.165) is 33.7 Å². The molecule has 0 bridgehead atoms. The molecule has 3 aromatic rings. The van der Waals surface area contributed by atoms with Crippen LogP contribution in [0.3, 0.4) is 0 Å². The number of rotatable bonds is 5. The molecule has 0 saturated carbocycles. The third-order valence-electron chi connectivity index (χ3n) is 3.94. The number of aliphatic hydroxyl groups is 1. The summed E-state index contributed by atoms with van der Waals surface area (Å²) in [6.07, 6.45) is 2.59. The van der Waals surface area contributed by atoms with Crippen molar-refractivity contribution in [2.75, 3.05) is 0 Å². The van der Waals surface area contributed by atoms with Crippen molar-refractivity contribution >= 4 is 0 Å². The molecule has 0 aliphatic heterocycles. The monoisotopic (exact) mass is 338 g/mol. The van der Waals surface area contributed by atoms with E-state index in [0.29, 0.717) is 5.75 Å². The van der Waals surface area contributed by atoms with Gasteiger partial charge < -0.3 is 14.4 Å². The van der Waals surface area contributed by atoms with Crippen LogP contribution in [-0.2, 0) is 0 Å². The molecular formula is C20H22N2O3. The molecule has 0 amide bonds. The standard InChI is InChI=1S/C20H22N2O3/c1-12(2)24-18-9-16(19-13(3)22-25-14(19)4)8-17(10-18)20(23)15-6-5-7-21-11-15/h5-12,20,23H,1-4H3. The maximum absolute atomic E-state index is 10.8. The van der Waals surface area contributed by atoms with E-state index in [2.05, 4.69) is 10.1 Å². The number of pyridine rings is 1. The maximum Gasteiger partial charge on any atom is 0.141 e. The lowest BCUT2D eigenvalue weighted by Gasteiger charge is -2.17. The van der Waals surface area contributed by atoms with E-state index in [1.165, 1.54) is 0 Å². The van der Waals surface area contributed by atoms with E-state index in [1.54, 1.807) is 12.4 Å². The Morgan fingerprint density at radius 1 is 1.12 bits per heavy atom. The van der Waals surface area contributed by atoms with E-state index >= 15 is 0 Å². The summed E-state index contributed by atoms with van der Waals surface area (Å²) in [6, 6.07) is 9.41. The van der Waals surface area contributed by atoms with Crippen LogP contribution >= 0.6 is 0 Å². The molecule has 1 N–H and O–H groups in total. The summed E-state index contributed by atoms with van der Waals surface area (Å²) in [5.41, 5.74) is 4.11. The Morgan fingerprint density at radius 2 is 1.92 bits per heavy atom. The van der Waals surface area contributed by atoms with E-state index in [-0.39, 0.29) is 6.10 Å². The Hall–Kier alpha value is -2.66. The highest BCUT2D eigenvalue weighted by Gasteiger charge is 2.18. The van der Waals surface area contributed by atoms with E-state index in [1.807, 2.05) is 58.0 Å². The molecule has 0 aliphatic rings. The molecule has 130 valence electrons. The van der Waals surface area contributed by atoms with Crippen LogP contribution in [0.1, 0.15) is 42.5 Å². The van der Waals surface area contributed by atoms with Gasteiger partial charge in [-0.1, -0.05) is 11.2 Å². The fraction of sp³-hybridized carbons (Fsp3) is 0.300. The van der Waals surface area contributed by atoms with Gasteiger partial charge in [0.25, 0.3) is 0 Å². The van der Waals surface area contributed by atoms with E-state index < -0.39 is 6.10 Å². The maximum atomic E-state index is 10.8. The fourth-order valence-electron chi connectivity index (χ4n) is 2.89. The largest absolute Gasteiger partial charge is 0.491 e. The summed E-state index contributed by atoms with van der Waals surface area (Å²) in [4.78, 5) is 4.09. The van der Waals surface area contributed by atoms with Gasteiger partial charge in [0, 0.05) is 23.5 Å². The zero-order valence-corrected chi connectivity index (χ0v) is 14.9. The highest BCUT2D eigenvalue weighted by atomic mass is 16.5. The topological polar surface area (TPSA) is 68.4 Å². The highest BCUT2D eigenvalue weighted by molar-refractivity contribution is 5.70. The number of aromatic nitrogens is 2. The first-order valence-corrected chi connectivity index (χ1v) is 8.28. The van der Waals surface area contributed by atoms with Crippen LogP contribution in [0.25, 0.3) is 11.1 Å². The van der Waals surface area contributed by atoms with Gasteiger partial charge in [0.1, 0.15) is 17.6 Å². The van der Waals surface area contributed by atoms with Crippen LogP contribution < -0.4 is 4.74 Å². The van der Waals surface area contributed by atoms with Gasteiger partial charge in [-0.05, 0) is 63.1 Å². The predicted octanol–water partition coefficient (Wildman–Crippen LogP) is 4.22. The summed E-state index contributed by atoms with van der Waals surface area (Å²) in [5.74, 6) is 1.44. The Bertz CT molecular complexity index is 837. The molecule has 0 saturated heterocycles. The average Bonchev–Trinajstić information content (AvgIpc) is 2.92. The van der Waals surface area contributed by atoms with Crippen LogP contribution in [0, 0.1) is 13.8 Å². The number of aryl methyl sites for hydroxylation is 2. The number of ether oxygens (including phenoxy) is 1. The summed E-state index contributed by atoms with van der Waals surface area (Å²) < 4.78 is 11.2. The molecule has 5 heteroatoms. The molecule has 0 spiro atoms. The van der Waals surface area contributed by atoms with Crippen LogP contribution in [-0.4, -0.2) is 21.4 Å². The molecule has 3 rings (SSSR count). The highest BCUT2D eigenvalue weighted by Crippen LogP contribution is 2.34. The molecule has 25 heavy (non-hydrogen) atoms. The second-order valence-electron chi connectivity index (χ2n) is 6.35. The second kappa shape index (κ2) is 7.07. The Balaban J connectivity index is 2.10. The van der Waals surface area contributed by atoms with Crippen molar-refractivity contribution in [3.63, 3.8) is 0 Å². The van der Waals surface area contributed by atoms with Crippen LogP contribution in [0.2, 0.25) is 0 Å². The van der Waals surface area contributed by atoms with Crippen molar-refractivity contribution < 1.29 is 14.4 Å². The third kappa shape index (κ3) is 3.72. The molecule has 0 fully saturated rings. The predicted molar refractivity (Wildman–Crippen MR) is 95.5 cm³/mol. The minimum absolute atomic E-state index is 0.0308. The molecule has 0 radical (unpaired) electrons. The Kier molecular flexibility index (Phi) is 4.86. The van der Waals surface area contributed by atoms with Crippen molar-refractivity contribution in [1.82, 2.24) is 10.1 Å². The zero-order valence-electron chi connectivity index (χ0n) is 14.9. The van der Waals surface area contributed by atoms with Crippen molar-refractivity contribution in [3.05, 3.63) is 65.3 Å². The van der Waals surface area contributed by atoms with Crippen LogP contribution in [0.4, 0.5) is 0 Å². The number of hydrogen-bond donors (Lipinski definition) is 1. The minimum Gasteiger partial charge on any atom is -0.491 e. The minimum atomic E-state index is -0.788. The first kappa shape index (κ1) is 17.2. The number of benzene rings is 1. The molecule has 5 nitrogen and oxygen atoms in total. The molecule has 2 aromatic heterocycles. The fourth-order valence-corrected chi connectivity index (χ4v) is 2.89. The third-order valence-corrected chi connectivity index (χ3v) is 3.94. The lowest BCUT2D eigenvalue weighted by Crippen LogP contribution is -2.07. The number of aliphatic hydroxyl groups excluding tert-OH is 1. The van der Waals surface area contributed by atoms with E-state index in [9.17, 15) is 5.11 Å². The van der Waals surface area contributed by atoms with Crippen molar-refractivity contribution in [2.45, 2.75) is 39.9 Å². The van der Waals surface area contributed by atoms with Crippen molar-refractivity contribution in [2.24, 2.45) is 0 Å². The average molecular weight is 338 g/mol. The molecule has 0 aliphatic carbocycles. The molecule has 1 unspecified atom stereocenters. The van der Waals surface area contributed by atoms with E-state index in [4.69, 9.17) is 9.26 Å². The van der Waals surface area contributed by atoms with Gasteiger partial charge in [0.2, 0.25) is 0 Å². The van der Waals surface area contributed by atoms with Gasteiger partial charge in [-0.2, -0.15) is 0 Å². The number of hydrogen-bond acceptors (Lipinski definition) is 5. The van der Waals surface area contributed by atoms with Gasteiger partial charge in [-0.3, -0.25) is 4.98 Å². The first-order valence-electron chi connectivity index (χ1n) is 8.28. The Morgan fingerprint density at radius 3 is 2.52 bits per heavy atom.